The zero-order valence-electron chi connectivity index (χ0n) is 10.6. The smallest absolute Gasteiger partial charge is 0.137 e. The summed E-state index contributed by atoms with van der Waals surface area (Å²) in [5, 5.41) is 4.62. The van der Waals surface area contributed by atoms with Gasteiger partial charge in [-0.1, -0.05) is 12.1 Å². The van der Waals surface area contributed by atoms with Gasteiger partial charge in [-0.3, -0.25) is 0 Å². The fourth-order valence-corrected chi connectivity index (χ4v) is 2.86. The standard InChI is InChI=1S/C16H15N3/c1-2-12(9-13-10-17-6-3-11(1)13)14-4-7-18-16-15(14)5-8-19-16/h1-2,4-5,7-9,17H,3,6,10H2,(H,18,19). The van der Waals surface area contributed by atoms with Crippen molar-refractivity contribution in [1.29, 1.82) is 0 Å². The zero-order chi connectivity index (χ0) is 12.7. The molecule has 3 heteroatoms. The summed E-state index contributed by atoms with van der Waals surface area (Å²) in [6.07, 6.45) is 4.94. The van der Waals surface area contributed by atoms with E-state index in [4.69, 9.17) is 0 Å². The van der Waals surface area contributed by atoms with E-state index in [-0.39, 0.29) is 0 Å². The van der Waals surface area contributed by atoms with Gasteiger partial charge in [-0.15, -0.1) is 0 Å². The van der Waals surface area contributed by atoms with Gasteiger partial charge in [0.05, 0.1) is 0 Å². The Bertz CT molecular complexity index is 743. The SMILES string of the molecule is c1cc(-c2ccc3c(c2)CNCC3)c2cc[nH]c2n1. The van der Waals surface area contributed by atoms with E-state index in [0.29, 0.717) is 0 Å². The Hall–Kier alpha value is -2.13. The maximum absolute atomic E-state index is 4.35. The molecule has 0 atom stereocenters. The number of H-pyrrole nitrogens is 1. The topological polar surface area (TPSA) is 40.7 Å². The molecule has 0 aliphatic carbocycles. The van der Waals surface area contributed by atoms with Crippen molar-refractivity contribution in [3.8, 4) is 11.1 Å². The van der Waals surface area contributed by atoms with E-state index in [1.54, 1.807) is 0 Å². The molecule has 3 heterocycles. The second-order valence-electron chi connectivity index (χ2n) is 5.01. The molecule has 0 unspecified atom stereocenters. The minimum atomic E-state index is 0.952. The molecule has 0 saturated carbocycles. The largest absolute Gasteiger partial charge is 0.346 e. The summed E-state index contributed by atoms with van der Waals surface area (Å²) >= 11 is 0. The van der Waals surface area contributed by atoms with Crippen LogP contribution in [0.25, 0.3) is 22.2 Å². The van der Waals surface area contributed by atoms with Crippen LogP contribution in [0.4, 0.5) is 0 Å². The van der Waals surface area contributed by atoms with Crippen LogP contribution in [-0.4, -0.2) is 16.5 Å². The first-order chi connectivity index (χ1) is 9.42. The lowest BCUT2D eigenvalue weighted by atomic mass is 9.95. The minimum Gasteiger partial charge on any atom is -0.346 e. The average Bonchev–Trinajstić information content (AvgIpc) is 2.95. The normalized spacial score (nSPS) is 14.5. The van der Waals surface area contributed by atoms with Crippen molar-refractivity contribution in [2.45, 2.75) is 13.0 Å². The molecule has 0 saturated heterocycles. The summed E-state index contributed by atoms with van der Waals surface area (Å²) in [7, 11) is 0. The summed E-state index contributed by atoms with van der Waals surface area (Å²) in [5.74, 6) is 0. The van der Waals surface area contributed by atoms with Crippen LogP contribution < -0.4 is 5.32 Å². The van der Waals surface area contributed by atoms with Crippen molar-refractivity contribution in [3.05, 3.63) is 53.9 Å². The van der Waals surface area contributed by atoms with Gasteiger partial charge in [-0.05, 0) is 53.4 Å². The molecule has 0 radical (unpaired) electrons. The van der Waals surface area contributed by atoms with Crippen molar-refractivity contribution < 1.29 is 0 Å². The van der Waals surface area contributed by atoms with E-state index in [0.717, 1.165) is 25.2 Å². The van der Waals surface area contributed by atoms with E-state index in [2.05, 4.69) is 45.6 Å². The average molecular weight is 249 g/mol. The summed E-state index contributed by atoms with van der Waals surface area (Å²) in [5.41, 5.74) is 6.37. The number of aromatic nitrogens is 2. The highest BCUT2D eigenvalue weighted by Crippen LogP contribution is 2.29. The fraction of sp³-hybridized carbons (Fsp3) is 0.188. The summed E-state index contributed by atoms with van der Waals surface area (Å²) in [4.78, 5) is 7.52. The molecule has 2 aromatic heterocycles. The Balaban J connectivity index is 1.90. The van der Waals surface area contributed by atoms with Crippen molar-refractivity contribution >= 4 is 11.0 Å². The molecule has 4 rings (SSSR count). The number of nitrogens with zero attached hydrogens (tertiary/aromatic N) is 1. The molecule has 0 amide bonds. The highest BCUT2D eigenvalue weighted by molar-refractivity contribution is 5.92. The van der Waals surface area contributed by atoms with Gasteiger partial charge in [0.1, 0.15) is 5.65 Å². The lowest BCUT2D eigenvalue weighted by molar-refractivity contribution is 0.644. The number of nitrogens with one attached hydrogen (secondary N) is 2. The van der Waals surface area contributed by atoms with Crippen LogP contribution in [-0.2, 0) is 13.0 Å². The zero-order valence-corrected chi connectivity index (χ0v) is 10.6. The van der Waals surface area contributed by atoms with Gasteiger partial charge in [0, 0.05) is 24.3 Å². The predicted octanol–water partition coefficient (Wildman–Crippen LogP) is 2.88. The second-order valence-corrected chi connectivity index (χ2v) is 5.01. The van der Waals surface area contributed by atoms with Crippen LogP contribution in [0.15, 0.2) is 42.7 Å². The first kappa shape index (κ1) is 10.8. The van der Waals surface area contributed by atoms with E-state index in [1.165, 1.54) is 27.6 Å². The maximum Gasteiger partial charge on any atom is 0.137 e. The van der Waals surface area contributed by atoms with Crippen LogP contribution in [0, 0.1) is 0 Å². The van der Waals surface area contributed by atoms with Crippen LogP contribution in [0.2, 0.25) is 0 Å². The number of fused-ring (bicyclic) bond motifs is 2. The van der Waals surface area contributed by atoms with Crippen molar-refractivity contribution in [3.63, 3.8) is 0 Å². The van der Waals surface area contributed by atoms with E-state index >= 15 is 0 Å². The molecule has 0 bridgehead atoms. The number of hydrogen-bond acceptors (Lipinski definition) is 2. The molecule has 1 aromatic carbocycles. The minimum absolute atomic E-state index is 0.952. The van der Waals surface area contributed by atoms with Gasteiger partial charge in [-0.25, -0.2) is 4.98 Å². The van der Waals surface area contributed by atoms with Gasteiger partial charge >= 0.3 is 0 Å². The molecule has 19 heavy (non-hydrogen) atoms. The fourth-order valence-electron chi connectivity index (χ4n) is 2.86. The molecular formula is C16H15N3. The molecule has 94 valence electrons. The van der Waals surface area contributed by atoms with Gasteiger partial charge in [0.25, 0.3) is 0 Å². The number of hydrogen-bond donors (Lipinski definition) is 2. The number of aromatic amines is 1. The highest BCUT2D eigenvalue weighted by Gasteiger charge is 2.11. The lowest BCUT2D eigenvalue weighted by Crippen LogP contribution is -2.23. The highest BCUT2D eigenvalue weighted by atomic mass is 14.9. The Morgan fingerprint density at radius 1 is 1.05 bits per heavy atom. The Labute approximate surface area is 111 Å². The number of rotatable bonds is 1. The van der Waals surface area contributed by atoms with Gasteiger partial charge < -0.3 is 10.3 Å². The molecule has 0 fully saturated rings. The lowest BCUT2D eigenvalue weighted by Gasteiger charge is -2.18. The third kappa shape index (κ3) is 1.74. The molecule has 1 aliphatic heterocycles. The van der Waals surface area contributed by atoms with Crippen LogP contribution in [0.3, 0.4) is 0 Å². The molecule has 3 aromatic rings. The molecular weight excluding hydrogens is 234 g/mol. The van der Waals surface area contributed by atoms with Gasteiger partial charge in [-0.2, -0.15) is 0 Å². The molecule has 0 spiro atoms. The van der Waals surface area contributed by atoms with E-state index in [1.807, 2.05) is 12.4 Å². The second kappa shape index (κ2) is 4.21. The number of pyridine rings is 1. The van der Waals surface area contributed by atoms with Crippen LogP contribution in [0.1, 0.15) is 11.1 Å². The quantitative estimate of drug-likeness (QED) is 0.696. The third-order valence-electron chi connectivity index (χ3n) is 3.86. The summed E-state index contributed by atoms with van der Waals surface area (Å²) in [6.45, 7) is 2.06. The third-order valence-corrected chi connectivity index (χ3v) is 3.86. The van der Waals surface area contributed by atoms with Crippen molar-refractivity contribution in [2.75, 3.05) is 6.54 Å². The molecule has 2 N–H and O–H groups in total. The Morgan fingerprint density at radius 3 is 3.05 bits per heavy atom. The monoisotopic (exact) mass is 249 g/mol. The van der Waals surface area contributed by atoms with Crippen molar-refractivity contribution in [1.82, 2.24) is 15.3 Å². The summed E-state index contributed by atoms with van der Waals surface area (Å²) < 4.78 is 0. The van der Waals surface area contributed by atoms with Crippen LogP contribution in [0.5, 0.6) is 0 Å². The Kier molecular flexibility index (Phi) is 2.38. The van der Waals surface area contributed by atoms with Gasteiger partial charge in [0.15, 0.2) is 0 Å². The Morgan fingerprint density at radius 2 is 2.05 bits per heavy atom. The van der Waals surface area contributed by atoms with Gasteiger partial charge in [0.2, 0.25) is 0 Å². The van der Waals surface area contributed by atoms with E-state index < -0.39 is 0 Å². The van der Waals surface area contributed by atoms with Crippen molar-refractivity contribution in [2.24, 2.45) is 0 Å². The first-order valence-electron chi connectivity index (χ1n) is 6.67. The number of benzene rings is 1. The predicted molar refractivity (Wildman–Crippen MR) is 76.9 cm³/mol. The molecule has 3 nitrogen and oxygen atoms in total. The molecule has 1 aliphatic rings. The van der Waals surface area contributed by atoms with Crippen LogP contribution >= 0.6 is 0 Å². The summed E-state index contributed by atoms with van der Waals surface area (Å²) in [6, 6.07) is 11.0. The maximum atomic E-state index is 4.35. The first-order valence-corrected chi connectivity index (χ1v) is 6.67. The van der Waals surface area contributed by atoms with E-state index in [9.17, 15) is 0 Å².